The number of hydrogen-bond acceptors (Lipinski definition) is 4. The van der Waals surface area contributed by atoms with Gasteiger partial charge in [-0.3, -0.25) is 9.59 Å². The Morgan fingerprint density at radius 3 is 2.71 bits per heavy atom. The summed E-state index contributed by atoms with van der Waals surface area (Å²) in [5, 5.41) is 0.825. The van der Waals surface area contributed by atoms with Crippen molar-refractivity contribution in [1.82, 2.24) is 9.88 Å². The van der Waals surface area contributed by atoms with Crippen molar-refractivity contribution in [3.05, 3.63) is 16.1 Å². The van der Waals surface area contributed by atoms with E-state index in [9.17, 15) is 9.59 Å². The molecule has 0 aromatic carbocycles. The zero-order chi connectivity index (χ0) is 15.6. The minimum Gasteiger partial charge on any atom is -0.365 e. The van der Waals surface area contributed by atoms with Crippen LogP contribution < -0.4 is 5.73 Å². The van der Waals surface area contributed by atoms with Crippen molar-refractivity contribution in [3.63, 3.8) is 0 Å². The van der Waals surface area contributed by atoms with Crippen LogP contribution in [0.15, 0.2) is 6.20 Å². The van der Waals surface area contributed by atoms with Crippen LogP contribution >= 0.6 is 11.3 Å². The average molecular weight is 309 g/mol. The maximum atomic E-state index is 12.5. The Labute approximate surface area is 129 Å². The van der Waals surface area contributed by atoms with Gasteiger partial charge in [0.2, 0.25) is 5.91 Å². The quantitative estimate of drug-likeness (QED) is 0.932. The van der Waals surface area contributed by atoms with E-state index in [-0.39, 0.29) is 17.4 Å². The molecule has 1 fully saturated rings. The second kappa shape index (κ2) is 6.13. The molecule has 6 heteroatoms. The Bertz CT molecular complexity index is 533. The third kappa shape index (κ3) is 4.03. The summed E-state index contributed by atoms with van der Waals surface area (Å²) < 4.78 is 0. The van der Waals surface area contributed by atoms with Crippen LogP contribution in [0, 0.1) is 5.41 Å². The molecule has 0 spiro atoms. The van der Waals surface area contributed by atoms with Gasteiger partial charge in [-0.1, -0.05) is 20.8 Å². The third-order valence-electron chi connectivity index (χ3n) is 3.56. The summed E-state index contributed by atoms with van der Waals surface area (Å²) in [6, 6.07) is -0.00769. The predicted octanol–water partition coefficient (Wildman–Crippen LogP) is 2.73. The highest BCUT2D eigenvalue weighted by molar-refractivity contribution is 7.13. The van der Waals surface area contributed by atoms with Gasteiger partial charge < -0.3 is 10.6 Å². The van der Waals surface area contributed by atoms with Gasteiger partial charge in [0.1, 0.15) is 9.88 Å². The zero-order valence-corrected chi connectivity index (χ0v) is 13.7. The molecule has 1 saturated heterocycles. The third-order valence-corrected chi connectivity index (χ3v) is 4.67. The van der Waals surface area contributed by atoms with E-state index >= 15 is 0 Å². The highest BCUT2D eigenvalue weighted by Crippen LogP contribution is 2.35. The van der Waals surface area contributed by atoms with E-state index in [4.69, 9.17) is 5.73 Å². The number of primary amides is 1. The molecule has 2 heterocycles. The summed E-state index contributed by atoms with van der Waals surface area (Å²) in [6.45, 7) is 6.97. The SMILES string of the molecule is CC(C)(C)CC(=O)N1CCCC[C@H]1c1ncc(C(N)=O)s1. The highest BCUT2D eigenvalue weighted by atomic mass is 32.1. The Morgan fingerprint density at radius 1 is 1.43 bits per heavy atom. The number of hydrogen-bond donors (Lipinski definition) is 1. The molecule has 0 radical (unpaired) electrons. The first-order chi connectivity index (χ1) is 9.78. The molecule has 0 aliphatic carbocycles. The van der Waals surface area contributed by atoms with Crippen LogP contribution in [-0.4, -0.2) is 28.2 Å². The van der Waals surface area contributed by atoms with Gasteiger partial charge in [-0.15, -0.1) is 11.3 Å². The minimum atomic E-state index is -0.456. The average Bonchev–Trinajstić information content (AvgIpc) is 2.86. The zero-order valence-electron chi connectivity index (χ0n) is 12.9. The summed E-state index contributed by atoms with van der Waals surface area (Å²) in [4.78, 5) is 30.5. The van der Waals surface area contributed by atoms with Gasteiger partial charge in [0, 0.05) is 13.0 Å². The number of rotatable bonds is 3. The summed E-state index contributed by atoms with van der Waals surface area (Å²) in [6.07, 6.45) is 5.05. The second-order valence-corrected chi connectivity index (χ2v) is 7.83. The lowest BCUT2D eigenvalue weighted by Crippen LogP contribution is -2.39. The number of likely N-dealkylation sites (tertiary alicyclic amines) is 1. The number of thiazole rings is 1. The lowest BCUT2D eigenvalue weighted by atomic mass is 9.90. The van der Waals surface area contributed by atoms with Crippen molar-refractivity contribution < 1.29 is 9.59 Å². The molecule has 1 aliphatic heterocycles. The summed E-state index contributed by atoms with van der Waals surface area (Å²) in [5.41, 5.74) is 5.26. The van der Waals surface area contributed by atoms with Gasteiger partial charge in [0.15, 0.2) is 0 Å². The molecule has 5 nitrogen and oxygen atoms in total. The smallest absolute Gasteiger partial charge is 0.260 e. The molecule has 0 bridgehead atoms. The monoisotopic (exact) mass is 309 g/mol. The minimum absolute atomic E-state index is 0.00769. The number of aromatic nitrogens is 1. The fraction of sp³-hybridized carbons (Fsp3) is 0.667. The maximum Gasteiger partial charge on any atom is 0.260 e. The molecule has 2 N–H and O–H groups in total. The Morgan fingerprint density at radius 2 is 2.14 bits per heavy atom. The lowest BCUT2D eigenvalue weighted by Gasteiger charge is -2.36. The number of piperidine rings is 1. The number of amides is 2. The Kier molecular flexibility index (Phi) is 4.66. The largest absolute Gasteiger partial charge is 0.365 e. The fourth-order valence-corrected chi connectivity index (χ4v) is 3.52. The van der Waals surface area contributed by atoms with E-state index in [1.807, 2.05) is 4.90 Å². The fourth-order valence-electron chi connectivity index (χ4n) is 2.60. The van der Waals surface area contributed by atoms with Crippen molar-refractivity contribution >= 4 is 23.2 Å². The first-order valence-electron chi connectivity index (χ1n) is 7.33. The van der Waals surface area contributed by atoms with E-state index in [2.05, 4.69) is 25.8 Å². The van der Waals surface area contributed by atoms with E-state index in [1.54, 1.807) is 0 Å². The van der Waals surface area contributed by atoms with E-state index in [0.717, 1.165) is 30.8 Å². The Hall–Kier alpha value is -1.43. The number of nitrogens with zero attached hydrogens (tertiary/aromatic N) is 2. The van der Waals surface area contributed by atoms with E-state index in [1.165, 1.54) is 17.5 Å². The molecule has 1 aliphatic rings. The molecule has 0 unspecified atom stereocenters. The van der Waals surface area contributed by atoms with Gasteiger partial charge in [-0.2, -0.15) is 0 Å². The second-order valence-electron chi connectivity index (χ2n) is 6.76. The van der Waals surface area contributed by atoms with Gasteiger partial charge in [0.05, 0.1) is 12.2 Å². The van der Waals surface area contributed by atoms with Crippen molar-refractivity contribution in [3.8, 4) is 0 Å². The van der Waals surface area contributed by atoms with Crippen molar-refractivity contribution in [2.45, 2.75) is 52.5 Å². The number of carbonyl (C=O) groups excluding carboxylic acids is 2. The molecule has 2 rings (SSSR count). The lowest BCUT2D eigenvalue weighted by molar-refractivity contribution is -0.137. The van der Waals surface area contributed by atoms with Crippen molar-refractivity contribution in [1.29, 1.82) is 0 Å². The molecule has 0 saturated carbocycles. The number of carbonyl (C=O) groups is 2. The first-order valence-corrected chi connectivity index (χ1v) is 8.14. The first kappa shape index (κ1) is 15.9. The summed E-state index contributed by atoms with van der Waals surface area (Å²) in [5.74, 6) is -0.287. The van der Waals surface area contributed by atoms with Crippen LogP contribution in [0.3, 0.4) is 0 Å². The van der Waals surface area contributed by atoms with Crippen LogP contribution in [0.5, 0.6) is 0 Å². The summed E-state index contributed by atoms with van der Waals surface area (Å²) in [7, 11) is 0. The molecular formula is C15H23N3O2S. The van der Waals surface area contributed by atoms with Gasteiger partial charge >= 0.3 is 0 Å². The molecule has 2 amide bonds. The normalized spacial score (nSPS) is 19.6. The summed E-state index contributed by atoms with van der Waals surface area (Å²) >= 11 is 1.31. The molecular weight excluding hydrogens is 286 g/mol. The maximum absolute atomic E-state index is 12.5. The molecule has 116 valence electrons. The van der Waals surface area contributed by atoms with E-state index in [0.29, 0.717) is 11.3 Å². The standard InChI is InChI=1S/C15H23N3O2S/c1-15(2,3)8-12(19)18-7-5-4-6-10(18)14-17-9-11(21-14)13(16)20/h9-10H,4-8H2,1-3H3,(H2,16,20)/t10-/m0/s1. The van der Waals surface area contributed by atoms with Gasteiger partial charge in [0.25, 0.3) is 5.91 Å². The van der Waals surface area contributed by atoms with E-state index < -0.39 is 5.91 Å². The Balaban J connectivity index is 2.18. The van der Waals surface area contributed by atoms with Crippen LogP contribution in [0.4, 0.5) is 0 Å². The van der Waals surface area contributed by atoms with Gasteiger partial charge in [-0.05, 0) is 24.7 Å². The topological polar surface area (TPSA) is 76.3 Å². The van der Waals surface area contributed by atoms with Crippen LogP contribution in [0.1, 0.15) is 67.2 Å². The molecule has 1 aromatic rings. The number of nitrogens with two attached hydrogens (primary N) is 1. The van der Waals surface area contributed by atoms with Crippen molar-refractivity contribution in [2.24, 2.45) is 11.1 Å². The molecule has 1 atom stereocenters. The van der Waals surface area contributed by atoms with Crippen molar-refractivity contribution in [2.75, 3.05) is 6.54 Å². The van der Waals surface area contributed by atoms with Crippen LogP contribution in [0.25, 0.3) is 0 Å². The molecule has 1 aromatic heterocycles. The van der Waals surface area contributed by atoms with Crippen LogP contribution in [-0.2, 0) is 4.79 Å². The van der Waals surface area contributed by atoms with Crippen LogP contribution in [0.2, 0.25) is 0 Å². The highest BCUT2D eigenvalue weighted by Gasteiger charge is 2.32. The predicted molar refractivity (Wildman–Crippen MR) is 83.0 cm³/mol. The van der Waals surface area contributed by atoms with Gasteiger partial charge in [-0.25, -0.2) is 4.98 Å². The molecule has 21 heavy (non-hydrogen) atoms.